The van der Waals surface area contributed by atoms with E-state index in [9.17, 15) is 14.4 Å². The molecule has 0 atom stereocenters. The van der Waals surface area contributed by atoms with Gasteiger partial charge in [0.15, 0.2) is 0 Å². The highest BCUT2D eigenvalue weighted by atomic mass is 35.5. The van der Waals surface area contributed by atoms with Crippen molar-refractivity contribution in [1.82, 2.24) is 10.7 Å². The zero-order valence-corrected chi connectivity index (χ0v) is 18.3. The van der Waals surface area contributed by atoms with Crippen LogP contribution in [0.25, 0.3) is 0 Å². The first-order valence-electron chi connectivity index (χ1n) is 9.77. The molecule has 2 amide bonds. The smallest absolute Gasteiger partial charge is 0.343 e. The van der Waals surface area contributed by atoms with Crippen LogP contribution in [0.1, 0.15) is 26.3 Å². The van der Waals surface area contributed by atoms with Crippen molar-refractivity contribution in [2.75, 3.05) is 13.7 Å². The van der Waals surface area contributed by atoms with E-state index in [-0.39, 0.29) is 12.1 Å². The predicted molar refractivity (Wildman–Crippen MR) is 124 cm³/mol. The number of carbonyl (C=O) groups excluding carboxylic acids is 3. The molecular weight excluding hydrogens is 446 g/mol. The highest BCUT2D eigenvalue weighted by Gasteiger charge is 2.11. The lowest BCUT2D eigenvalue weighted by atomic mass is 10.2. The summed E-state index contributed by atoms with van der Waals surface area (Å²) >= 11 is 5.96. The van der Waals surface area contributed by atoms with Gasteiger partial charge in [0.25, 0.3) is 11.8 Å². The second-order valence-corrected chi connectivity index (χ2v) is 7.05. The van der Waals surface area contributed by atoms with Crippen LogP contribution in [0.15, 0.2) is 77.9 Å². The van der Waals surface area contributed by atoms with E-state index in [0.29, 0.717) is 27.6 Å². The molecule has 0 aliphatic carbocycles. The average Bonchev–Trinajstić information content (AvgIpc) is 2.83. The van der Waals surface area contributed by atoms with Crippen molar-refractivity contribution in [3.63, 3.8) is 0 Å². The highest BCUT2D eigenvalue weighted by Crippen LogP contribution is 2.17. The van der Waals surface area contributed by atoms with E-state index in [1.54, 1.807) is 79.9 Å². The van der Waals surface area contributed by atoms with Crippen LogP contribution in [-0.2, 0) is 4.79 Å². The quantitative estimate of drug-likeness (QED) is 0.229. The largest absolute Gasteiger partial charge is 0.497 e. The van der Waals surface area contributed by atoms with Crippen LogP contribution in [0.3, 0.4) is 0 Å². The van der Waals surface area contributed by atoms with Crippen molar-refractivity contribution >= 4 is 35.6 Å². The van der Waals surface area contributed by atoms with E-state index >= 15 is 0 Å². The lowest BCUT2D eigenvalue weighted by Gasteiger charge is -2.06. The molecular formula is C24H20ClN3O5. The summed E-state index contributed by atoms with van der Waals surface area (Å²) in [6.45, 7) is -0.277. The number of nitrogens with one attached hydrogen (secondary N) is 2. The van der Waals surface area contributed by atoms with Gasteiger partial charge in [0.05, 0.1) is 36.0 Å². The fourth-order valence-electron chi connectivity index (χ4n) is 2.67. The number of benzene rings is 3. The Morgan fingerprint density at radius 3 is 2.45 bits per heavy atom. The first-order chi connectivity index (χ1) is 16.0. The summed E-state index contributed by atoms with van der Waals surface area (Å²) in [4.78, 5) is 36.3. The number of ether oxygens (including phenoxy) is 2. The molecule has 0 spiro atoms. The van der Waals surface area contributed by atoms with Crippen LogP contribution in [0.5, 0.6) is 11.5 Å². The van der Waals surface area contributed by atoms with Crippen molar-refractivity contribution < 1.29 is 23.9 Å². The third kappa shape index (κ3) is 6.91. The van der Waals surface area contributed by atoms with Crippen molar-refractivity contribution in [2.24, 2.45) is 5.10 Å². The van der Waals surface area contributed by atoms with Gasteiger partial charge >= 0.3 is 5.97 Å². The number of hydrogen-bond donors (Lipinski definition) is 2. The zero-order valence-electron chi connectivity index (χ0n) is 17.6. The first-order valence-corrected chi connectivity index (χ1v) is 10.1. The van der Waals surface area contributed by atoms with Gasteiger partial charge in [-0.25, -0.2) is 10.2 Å². The fourth-order valence-corrected chi connectivity index (χ4v) is 2.89. The Bertz CT molecular complexity index is 1180. The monoisotopic (exact) mass is 465 g/mol. The molecule has 0 fully saturated rings. The molecule has 0 aliphatic rings. The Kier molecular flexibility index (Phi) is 8.15. The molecule has 3 aromatic carbocycles. The van der Waals surface area contributed by atoms with Gasteiger partial charge < -0.3 is 14.8 Å². The van der Waals surface area contributed by atoms with E-state index in [0.717, 1.165) is 0 Å². The number of nitrogens with zero attached hydrogens (tertiary/aromatic N) is 1. The molecule has 0 saturated heterocycles. The minimum Gasteiger partial charge on any atom is -0.497 e. The SMILES string of the molecule is COc1ccc(C(=O)Oc2cccc(/C=N\NC(=O)CNC(=O)c3ccccc3Cl)c2)cc1. The number of esters is 1. The van der Waals surface area contributed by atoms with Crippen LogP contribution < -0.4 is 20.2 Å². The summed E-state index contributed by atoms with van der Waals surface area (Å²) in [5.74, 6) is -0.553. The van der Waals surface area contributed by atoms with E-state index in [2.05, 4.69) is 15.8 Å². The molecule has 0 unspecified atom stereocenters. The summed E-state index contributed by atoms with van der Waals surface area (Å²) in [5.41, 5.74) is 3.56. The molecule has 2 N–H and O–H groups in total. The van der Waals surface area contributed by atoms with Crippen molar-refractivity contribution in [3.8, 4) is 11.5 Å². The summed E-state index contributed by atoms with van der Waals surface area (Å²) in [5, 5.41) is 6.61. The average molecular weight is 466 g/mol. The van der Waals surface area contributed by atoms with Gasteiger partial charge in [-0.1, -0.05) is 35.9 Å². The Morgan fingerprint density at radius 1 is 0.970 bits per heavy atom. The Balaban J connectivity index is 1.50. The molecule has 168 valence electrons. The molecule has 3 rings (SSSR count). The minimum absolute atomic E-state index is 0.275. The molecule has 0 heterocycles. The van der Waals surface area contributed by atoms with E-state index in [1.807, 2.05) is 0 Å². The number of methoxy groups -OCH3 is 1. The normalized spacial score (nSPS) is 10.5. The molecule has 3 aromatic rings. The van der Waals surface area contributed by atoms with E-state index in [4.69, 9.17) is 21.1 Å². The van der Waals surface area contributed by atoms with Crippen molar-refractivity contribution in [2.45, 2.75) is 0 Å². The van der Waals surface area contributed by atoms with Gasteiger partial charge in [-0.2, -0.15) is 5.10 Å². The zero-order chi connectivity index (χ0) is 23.6. The van der Waals surface area contributed by atoms with Crippen LogP contribution in [-0.4, -0.2) is 37.7 Å². The number of hydrogen-bond acceptors (Lipinski definition) is 6. The Hall–Kier alpha value is -4.17. The number of halogens is 1. The molecule has 0 aromatic heterocycles. The summed E-state index contributed by atoms with van der Waals surface area (Å²) < 4.78 is 10.4. The molecule has 33 heavy (non-hydrogen) atoms. The second kappa shape index (κ2) is 11.4. The number of hydrazone groups is 1. The topological polar surface area (TPSA) is 106 Å². The number of carbonyl (C=O) groups is 3. The van der Waals surface area contributed by atoms with Crippen molar-refractivity contribution in [3.05, 3.63) is 94.5 Å². The molecule has 0 saturated carbocycles. The van der Waals surface area contributed by atoms with Crippen LogP contribution in [0.4, 0.5) is 0 Å². The van der Waals surface area contributed by atoms with Crippen LogP contribution >= 0.6 is 11.6 Å². The number of rotatable bonds is 8. The summed E-state index contributed by atoms with van der Waals surface area (Å²) in [7, 11) is 1.54. The first kappa shape index (κ1) is 23.5. The molecule has 9 heteroatoms. The summed E-state index contributed by atoms with van der Waals surface area (Å²) in [6.07, 6.45) is 1.39. The number of amides is 2. The fraction of sp³-hybridized carbons (Fsp3) is 0.0833. The van der Waals surface area contributed by atoms with Crippen LogP contribution in [0.2, 0.25) is 5.02 Å². The van der Waals surface area contributed by atoms with Crippen molar-refractivity contribution in [1.29, 1.82) is 0 Å². The lowest BCUT2D eigenvalue weighted by Crippen LogP contribution is -2.35. The van der Waals surface area contributed by atoms with E-state index in [1.165, 1.54) is 6.21 Å². The molecule has 0 bridgehead atoms. The maximum absolute atomic E-state index is 12.3. The predicted octanol–water partition coefficient (Wildman–Crippen LogP) is 3.45. The van der Waals surface area contributed by atoms with Gasteiger partial charge in [-0.05, 0) is 54.1 Å². The minimum atomic E-state index is -0.520. The second-order valence-electron chi connectivity index (χ2n) is 6.65. The lowest BCUT2D eigenvalue weighted by molar-refractivity contribution is -0.120. The van der Waals surface area contributed by atoms with Gasteiger partial charge in [0.2, 0.25) is 0 Å². The summed E-state index contributed by atoms with van der Waals surface area (Å²) in [6, 6.07) is 19.7. The Labute approximate surface area is 195 Å². The van der Waals surface area contributed by atoms with Gasteiger partial charge in [0.1, 0.15) is 11.5 Å². The van der Waals surface area contributed by atoms with Gasteiger partial charge in [-0.15, -0.1) is 0 Å². The van der Waals surface area contributed by atoms with E-state index < -0.39 is 17.8 Å². The maximum Gasteiger partial charge on any atom is 0.343 e. The van der Waals surface area contributed by atoms with Gasteiger partial charge in [-0.3, -0.25) is 9.59 Å². The molecule has 0 aliphatic heterocycles. The van der Waals surface area contributed by atoms with Gasteiger partial charge in [0, 0.05) is 0 Å². The van der Waals surface area contributed by atoms with Crippen LogP contribution in [0, 0.1) is 0 Å². The molecule has 8 nitrogen and oxygen atoms in total. The maximum atomic E-state index is 12.3. The standard InChI is InChI=1S/C24H20ClN3O5/c1-32-18-11-9-17(10-12-18)24(31)33-19-6-4-5-16(13-19)14-27-28-22(29)15-26-23(30)20-7-2-3-8-21(20)25/h2-14H,15H2,1H3,(H,26,30)(H,28,29)/b27-14-. The third-order valence-corrected chi connectivity index (χ3v) is 4.65. The highest BCUT2D eigenvalue weighted by molar-refractivity contribution is 6.33. The Morgan fingerprint density at radius 2 is 1.73 bits per heavy atom. The third-order valence-electron chi connectivity index (χ3n) is 4.33. The molecule has 0 radical (unpaired) electrons.